The smallest absolute Gasteiger partial charge is 0.243 e. The molecule has 2 aromatic rings. The second-order valence-corrected chi connectivity index (χ2v) is 10.2. The first-order chi connectivity index (χ1) is 14.4. The Labute approximate surface area is 178 Å². The largest absolute Gasteiger partial charge is 0.351 e. The molecule has 6 nitrogen and oxygen atoms in total. The van der Waals surface area contributed by atoms with E-state index >= 15 is 0 Å². The van der Waals surface area contributed by atoms with Gasteiger partial charge in [-0.1, -0.05) is 35.9 Å². The number of carbonyl (C=O) groups excluding carboxylic acids is 1. The van der Waals surface area contributed by atoms with Gasteiger partial charge in [-0.05, 0) is 55.0 Å². The number of fused-ring (bicyclic) bond motifs is 1. The Kier molecular flexibility index (Phi) is 6.22. The zero-order valence-corrected chi connectivity index (χ0v) is 18.2. The van der Waals surface area contributed by atoms with E-state index in [1.807, 2.05) is 24.0 Å². The van der Waals surface area contributed by atoms with Gasteiger partial charge >= 0.3 is 0 Å². The molecular formula is C23H29N3O3S. The summed E-state index contributed by atoms with van der Waals surface area (Å²) in [5, 5.41) is 3.00. The minimum absolute atomic E-state index is 0.0228. The van der Waals surface area contributed by atoms with Crippen molar-refractivity contribution >= 4 is 15.9 Å². The fourth-order valence-corrected chi connectivity index (χ4v) is 5.60. The van der Waals surface area contributed by atoms with Crippen molar-refractivity contribution in [2.24, 2.45) is 0 Å². The first-order valence-electron chi connectivity index (χ1n) is 10.6. The molecular weight excluding hydrogens is 398 g/mol. The highest BCUT2D eigenvalue weighted by atomic mass is 32.2. The van der Waals surface area contributed by atoms with Gasteiger partial charge in [0.2, 0.25) is 15.9 Å². The molecule has 1 aliphatic heterocycles. The van der Waals surface area contributed by atoms with Gasteiger partial charge in [-0.15, -0.1) is 0 Å². The van der Waals surface area contributed by atoms with E-state index in [1.54, 1.807) is 12.1 Å². The topological polar surface area (TPSA) is 69.7 Å². The zero-order valence-electron chi connectivity index (χ0n) is 17.4. The quantitative estimate of drug-likeness (QED) is 0.767. The number of hydrogen-bond acceptors (Lipinski definition) is 4. The molecule has 0 spiro atoms. The molecule has 0 atom stereocenters. The van der Waals surface area contributed by atoms with Crippen LogP contribution in [0.2, 0.25) is 0 Å². The molecule has 1 heterocycles. The third kappa shape index (κ3) is 4.74. The van der Waals surface area contributed by atoms with Crippen molar-refractivity contribution in [3.63, 3.8) is 0 Å². The highest BCUT2D eigenvalue weighted by Gasteiger charge is 2.29. The summed E-state index contributed by atoms with van der Waals surface area (Å²) in [6.07, 6.45) is 3.51. The van der Waals surface area contributed by atoms with Crippen molar-refractivity contribution in [3.05, 3.63) is 64.7 Å². The average Bonchev–Trinajstić information content (AvgIpc) is 3.21. The van der Waals surface area contributed by atoms with Crippen LogP contribution in [0.1, 0.15) is 28.7 Å². The lowest BCUT2D eigenvalue weighted by Gasteiger charge is -2.33. The van der Waals surface area contributed by atoms with Crippen molar-refractivity contribution in [1.82, 2.24) is 14.5 Å². The van der Waals surface area contributed by atoms with Gasteiger partial charge < -0.3 is 5.32 Å². The monoisotopic (exact) mass is 427 g/mol. The van der Waals surface area contributed by atoms with Gasteiger partial charge in [0, 0.05) is 32.7 Å². The summed E-state index contributed by atoms with van der Waals surface area (Å²) < 4.78 is 27.1. The molecule has 1 N–H and O–H groups in total. The number of nitrogens with one attached hydrogen (secondary N) is 1. The Morgan fingerprint density at radius 1 is 0.967 bits per heavy atom. The van der Waals surface area contributed by atoms with Crippen LogP contribution in [0.25, 0.3) is 0 Å². The predicted octanol–water partition coefficient (Wildman–Crippen LogP) is 2.11. The van der Waals surface area contributed by atoms with E-state index in [4.69, 9.17) is 0 Å². The van der Waals surface area contributed by atoms with Crippen LogP contribution < -0.4 is 5.32 Å². The van der Waals surface area contributed by atoms with Crippen molar-refractivity contribution in [3.8, 4) is 0 Å². The van der Waals surface area contributed by atoms with Gasteiger partial charge in [0.25, 0.3) is 0 Å². The number of sulfonamides is 1. The first kappa shape index (κ1) is 21.0. The lowest BCUT2D eigenvalue weighted by molar-refractivity contribution is -0.122. The number of benzene rings is 2. The molecule has 1 saturated heterocycles. The Balaban J connectivity index is 1.25. The Morgan fingerprint density at radius 2 is 1.67 bits per heavy atom. The Morgan fingerprint density at radius 3 is 2.40 bits per heavy atom. The van der Waals surface area contributed by atoms with E-state index in [2.05, 4.69) is 23.5 Å². The Hall–Kier alpha value is -2.22. The number of carbonyl (C=O) groups is 1. The molecule has 0 aromatic heterocycles. The van der Waals surface area contributed by atoms with Gasteiger partial charge in [-0.2, -0.15) is 4.31 Å². The molecule has 7 heteroatoms. The molecule has 30 heavy (non-hydrogen) atoms. The lowest BCUT2D eigenvalue weighted by Crippen LogP contribution is -2.50. The number of aryl methyl sites for hydroxylation is 3. The first-order valence-corrected chi connectivity index (χ1v) is 12.0. The van der Waals surface area contributed by atoms with Crippen LogP contribution in [0.5, 0.6) is 0 Å². The number of nitrogens with zero attached hydrogens (tertiary/aromatic N) is 2. The number of amides is 1. The summed E-state index contributed by atoms with van der Waals surface area (Å²) in [6, 6.07) is 13.4. The molecule has 0 unspecified atom stereocenters. The maximum atomic E-state index is 12.8. The van der Waals surface area contributed by atoms with Crippen LogP contribution in [0.15, 0.2) is 47.4 Å². The fraction of sp³-hybridized carbons (Fsp3) is 0.435. The highest BCUT2D eigenvalue weighted by molar-refractivity contribution is 7.89. The summed E-state index contributed by atoms with van der Waals surface area (Å²) in [7, 11) is -3.48. The third-order valence-corrected chi connectivity index (χ3v) is 7.92. The molecule has 160 valence electrons. The fourth-order valence-electron chi connectivity index (χ4n) is 4.18. The van der Waals surface area contributed by atoms with Gasteiger partial charge in [-0.25, -0.2) is 8.42 Å². The lowest BCUT2D eigenvalue weighted by atomic mass is 10.1. The van der Waals surface area contributed by atoms with E-state index in [1.165, 1.54) is 21.9 Å². The summed E-state index contributed by atoms with van der Waals surface area (Å²) in [5.74, 6) is -0.0228. The molecule has 1 fully saturated rings. The summed E-state index contributed by atoms with van der Waals surface area (Å²) in [4.78, 5) is 14.7. The van der Waals surface area contributed by atoms with Crippen molar-refractivity contribution < 1.29 is 13.2 Å². The van der Waals surface area contributed by atoms with Crippen molar-refractivity contribution in [1.29, 1.82) is 0 Å². The van der Waals surface area contributed by atoms with Crippen LogP contribution in [0, 0.1) is 6.92 Å². The molecule has 0 radical (unpaired) electrons. The van der Waals surface area contributed by atoms with Crippen LogP contribution >= 0.6 is 0 Å². The van der Waals surface area contributed by atoms with Gasteiger partial charge in [0.15, 0.2) is 0 Å². The van der Waals surface area contributed by atoms with Crippen molar-refractivity contribution in [2.45, 2.75) is 37.6 Å². The molecule has 2 aliphatic rings. The van der Waals surface area contributed by atoms with E-state index in [-0.39, 0.29) is 5.91 Å². The standard InChI is InChI=1S/C23H29N3O3S/c1-18-5-9-22(10-6-18)30(28,29)26-13-11-25(12-14-26)17-23(27)24-16-19-7-8-20-3-2-4-21(20)15-19/h5-10,15H,2-4,11-14,16-17H2,1H3,(H,24,27). The van der Waals surface area contributed by atoms with Crippen LogP contribution in [-0.4, -0.2) is 56.3 Å². The molecule has 0 bridgehead atoms. The minimum Gasteiger partial charge on any atom is -0.351 e. The van der Waals surface area contributed by atoms with Crippen molar-refractivity contribution in [2.75, 3.05) is 32.7 Å². The van der Waals surface area contributed by atoms with Gasteiger partial charge in [0.1, 0.15) is 0 Å². The number of piperazine rings is 1. The van der Waals surface area contributed by atoms with Crippen LogP contribution in [0.4, 0.5) is 0 Å². The average molecular weight is 428 g/mol. The van der Waals surface area contributed by atoms with E-state index in [9.17, 15) is 13.2 Å². The molecule has 0 saturated carbocycles. The van der Waals surface area contributed by atoms with Gasteiger partial charge in [-0.3, -0.25) is 9.69 Å². The van der Waals surface area contributed by atoms with Crippen LogP contribution in [-0.2, 0) is 34.2 Å². The van der Waals surface area contributed by atoms with E-state index in [0.29, 0.717) is 44.2 Å². The van der Waals surface area contributed by atoms with Gasteiger partial charge in [0.05, 0.1) is 11.4 Å². The second kappa shape index (κ2) is 8.88. The maximum Gasteiger partial charge on any atom is 0.243 e. The maximum absolute atomic E-state index is 12.8. The highest BCUT2D eigenvalue weighted by Crippen LogP contribution is 2.23. The van der Waals surface area contributed by atoms with Crippen LogP contribution in [0.3, 0.4) is 0 Å². The summed E-state index contributed by atoms with van der Waals surface area (Å²) in [5.41, 5.74) is 5.01. The summed E-state index contributed by atoms with van der Waals surface area (Å²) >= 11 is 0. The number of rotatable bonds is 6. The Bertz CT molecular complexity index is 1010. The zero-order chi connectivity index (χ0) is 21.1. The van der Waals surface area contributed by atoms with E-state index < -0.39 is 10.0 Å². The molecule has 1 amide bonds. The van der Waals surface area contributed by atoms with E-state index in [0.717, 1.165) is 24.0 Å². The SMILES string of the molecule is Cc1ccc(S(=O)(=O)N2CCN(CC(=O)NCc3ccc4c(c3)CCC4)CC2)cc1. The molecule has 1 aliphatic carbocycles. The minimum atomic E-state index is -3.48. The predicted molar refractivity (Wildman–Crippen MR) is 117 cm³/mol. The third-order valence-electron chi connectivity index (χ3n) is 6.01. The molecule has 2 aromatic carbocycles. The normalized spacial score (nSPS) is 17.6. The summed E-state index contributed by atoms with van der Waals surface area (Å²) in [6.45, 7) is 4.67. The second-order valence-electron chi connectivity index (χ2n) is 8.23. The molecule has 4 rings (SSSR count). The number of hydrogen-bond donors (Lipinski definition) is 1.